The molecule has 2 nitrogen and oxygen atoms in total. The molecule has 0 amide bonds. The minimum atomic E-state index is 1.04. The number of hydrogen-bond acceptors (Lipinski definition) is 2. The van der Waals surface area contributed by atoms with Crippen LogP contribution in [-0.4, -0.2) is 6.54 Å². The van der Waals surface area contributed by atoms with Crippen LogP contribution in [0.15, 0.2) is 42.5 Å². The van der Waals surface area contributed by atoms with E-state index >= 15 is 0 Å². The number of para-hydroxylation sites is 1. The fourth-order valence-electron chi connectivity index (χ4n) is 3.26. The number of nitrogens with zero attached hydrogens (tertiary/aromatic N) is 1. The summed E-state index contributed by atoms with van der Waals surface area (Å²) in [6.07, 6.45) is 2.45. The van der Waals surface area contributed by atoms with Gasteiger partial charge < -0.3 is 10.2 Å². The molecule has 2 aliphatic rings. The Balaban J connectivity index is 1.72. The largest absolute Gasteiger partial charge is 0.383 e. The molecule has 0 fully saturated rings. The smallest absolute Gasteiger partial charge is 0.0610 e. The van der Waals surface area contributed by atoms with Crippen LogP contribution >= 0.6 is 0 Å². The lowest BCUT2D eigenvalue weighted by molar-refractivity contribution is 0.817. The Morgan fingerprint density at radius 2 is 1.58 bits per heavy atom. The van der Waals surface area contributed by atoms with Crippen LogP contribution in [-0.2, 0) is 19.5 Å². The average molecular weight is 250 g/mol. The lowest BCUT2D eigenvalue weighted by atomic mass is 10.0. The van der Waals surface area contributed by atoms with Gasteiger partial charge in [0.05, 0.1) is 11.4 Å². The highest BCUT2D eigenvalue weighted by Crippen LogP contribution is 2.37. The molecule has 0 spiro atoms. The monoisotopic (exact) mass is 250 g/mol. The van der Waals surface area contributed by atoms with Crippen LogP contribution in [0.2, 0.25) is 0 Å². The van der Waals surface area contributed by atoms with Gasteiger partial charge in [-0.1, -0.05) is 36.4 Å². The Labute approximate surface area is 114 Å². The highest BCUT2D eigenvalue weighted by molar-refractivity contribution is 5.75. The summed E-state index contributed by atoms with van der Waals surface area (Å²) in [4.78, 5) is 2.49. The van der Waals surface area contributed by atoms with Crippen LogP contribution in [0.1, 0.15) is 23.1 Å². The summed E-state index contributed by atoms with van der Waals surface area (Å²) in [7, 11) is 0. The van der Waals surface area contributed by atoms with Crippen molar-refractivity contribution >= 4 is 11.4 Å². The van der Waals surface area contributed by atoms with Gasteiger partial charge in [-0.3, -0.25) is 0 Å². The highest BCUT2D eigenvalue weighted by Gasteiger charge is 2.22. The van der Waals surface area contributed by atoms with Gasteiger partial charge in [-0.05, 0) is 35.6 Å². The predicted octanol–water partition coefficient (Wildman–Crippen LogP) is 3.56. The van der Waals surface area contributed by atoms with Crippen molar-refractivity contribution < 1.29 is 0 Å². The maximum Gasteiger partial charge on any atom is 0.0610 e. The van der Waals surface area contributed by atoms with E-state index in [0.29, 0.717) is 0 Å². The molecule has 2 aromatic rings. The quantitative estimate of drug-likeness (QED) is 0.832. The molecule has 19 heavy (non-hydrogen) atoms. The molecule has 4 rings (SSSR count). The summed E-state index contributed by atoms with van der Waals surface area (Å²) in [5, 5.41) is 3.59. The van der Waals surface area contributed by atoms with Gasteiger partial charge in [0.15, 0.2) is 0 Å². The lowest BCUT2D eigenvalue weighted by Gasteiger charge is -2.27. The predicted molar refractivity (Wildman–Crippen MR) is 79.6 cm³/mol. The maximum atomic E-state index is 3.59. The van der Waals surface area contributed by atoms with Gasteiger partial charge in [0, 0.05) is 19.6 Å². The SMILES string of the molecule is c1ccc2c(c1)CN(c1cccc3c1NCCC3)C2. The molecule has 2 aliphatic heterocycles. The molecule has 0 saturated carbocycles. The Hall–Kier alpha value is -1.96. The Kier molecular flexibility index (Phi) is 2.47. The molecule has 2 aromatic carbocycles. The van der Waals surface area contributed by atoms with Crippen molar-refractivity contribution in [3.8, 4) is 0 Å². The molecule has 0 unspecified atom stereocenters. The van der Waals surface area contributed by atoms with Crippen molar-refractivity contribution in [2.24, 2.45) is 0 Å². The van der Waals surface area contributed by atoms with E-state index in [1.165, 1.54) is 40.9 Å². The third-order valence-corrected chi connectivity index (χ3v) is 4.23. The molecule has 0 bridgehead atoms. The number of hydrogen-bond donors (Lipinski definition) is 1. The first kappa shape index (κ1) is 10.9. The van der Waals surface area contributed by atoms with E-state index in [1.54, 1.807) is 0 Å². The van der Waals surface area contributed by atoms with Gasteiger partial charge in [-0.15, -0.1) is 0 Å². The Bertz CT molecular complexity index is 593. The molecular formula is C17H18N2. The lowest BCUT2D eigenvalue weighted by Crippen LogP contribution is -2.20. The zero-order valence-corrected chi connectivity index (χ0v) is 11.0. The number of aryl methyl sites for hydroxylation is 1. The molecule has 0 radical (unpaired) electrons. The Morgan fingerprint density at radius 3 is 2.37 bits per heavy atom. The second kappa shape index (κ2) is 4.30. The molecule has 0 saturated heterocycles. The number of rotatable bonds is 1. The van der Waals surface area contributed by atoms with Crippen molar-refractivity contribution in [3.63, 3.8) is 0 Å². The number of anilines is 2. The number of fused-ring (bicyclic) bond motifs is 2. The third kappa shape index (κ3) is 1.79. The first-order chi connectivity index (χ1) is 9.42. The first-order valence-electron chi connectivity index (χ1n) is 7.09. The molecule has 0 aliphatic carbocycles. The normalized spacial score (nSPS) is 16.7. The van der Waals surface area contributed by atoms with Gasteiger partial charge in [-0.25, -0.2) is 0 Å². The topological polar surface area (TPSA) is 15.3 Å². The summed E-state index contributed by atoms with van der Waals surface area (Å²) < 4.78 is 0. The van der Waals surface area contributed by atoms with Gasteiger partial charge >= 0.3 is 0 Å². The van der Waals surface area contributed by atoms with Crippen LogP contribution in [0.5, 0.6) is 0 Å². The number of nitrogens with one attached hydrogen (secondary N) is 1. The molecule has 2 heteroatoms. The minimum Gasteiger partial charge on any atom is -0.383 e. The standard InChI is InChI=1S/C17H18N2/c1-2-6-15-12-19(11-14(15)5-1)16-9-3-7-13-8-4-10-18-17(13)16/h1-3,5-7,9,18H,4,8,10-12H2. The van der Waals surface area contributed by atoms with Gasteiger partial charge in [0.25, 0.3) is 0 Å². The van der Waals surface area contributed by atoms with Gasteiger partial charge in [0.2, 0.25) is 0 Å². The van der Waals surface area contributed by atoms with Crippen molar-refractivity contribution in [1.29, 1.82) is 0 Å². The highest BCUT2D eigenvalue weighted by atomic mass is 15.2. The fraction of sp³-hybridized carbons (Fsp3) is 0.294. The van der Waals surface area contributed by atoms with Crippen molar-refractivity contribution in [2.75, 3.05) is 16.8 Å². The fourth-order valence-corrected chi connectivity index (χ4v) is 3.26. The van der Waals surface area contributed by atoms with E-state index in [-0.39, 0.29) is 0 Å². The summed E-state index contributed by atoms with van der Waals surface area (Å²) in [6.45, 7) is 3.17. The van der Waals surface area contributed by atoms with Crippen LogP contribution in [0, 0.1) is 0 Å². The number of benzene rings is 2. The molecule has 0 atom stereocenters. The molecule has 1 N–H and O–H groups in total. The maximum absolute atomic E-state index is 3.59. The zero-order chi connectivity index (χ0) is 12.7. The minimum absolute atomic E-state index is 1.04. The second-order valence-corrected chi connectivity index (χ2v) is 5.47. The van der Waals surface area contributed by atoms with Crippen molar-refractivity contribution in [2.45, 2.75) is 25.9 Å². The average Bonchev–Trinajstić information content (AvgIpc) is 2.90. The van der Waals surface area contributed by atoms with Crippen molar-refractivity contribution in [1.82, 2.24) is 0 Å². The van der Waals surface area contributed by atoms with Crippen LogP contribution < -0.4 is 10.2 Å². The van der Waals surface area contributed by atoms with E-state index < -0.39 is 0 Å². The third-order valence-electron chi connectivity index (χ3n) is 4.23. The van der Waals surface area contributed by atoms with E-state index in [0.717, 1.165) is 19.6 Å². The molecular weight excluding hydrogens is 232 g/mol. The van der Waals surface area contributed by atoms with Crippen LogP contribution in [0.25, 0.3) is 0 Å². The van der Waals surface area contributed by atoms with E-state index in [2.05, 4.69) is 52.7 Å². The van der Waals surface area contributed by atoms with Crippen molar-refractivity contribution in [3.05, 3.63) is 59.2 Å². The van der Waals surface area contributed by atoms with E-state index in [1.807, 2.05) is 0 Å². The van der Waals surface area contributed by atoms with E-state index in [9.17, 15) is 0 Å². The zero-order valence-electron chi connectivity index (χ0n) is 11.0. The summed E-state index contributed by atoms with van der Waals surface area (Å²) >= 11 is 0. The first-order valence-corrected chi connectivity index (χ1v) is 7.09. The van der Waals surface area contributed by atoms with E-state index in [4.69, 9.17) is 0 Å². The molecule has 96 valence electrons. The van der Waals surface area contributed by atoms with Gasteiger partial charge in [-0.2, -0.15) is 0 Å². The van der Waals surface area contributed by atoms with Gasteiger partial charge in [0.1, 0.15) is 0 Å². The molecule has 0 aromatic heterocycles. The van der Waals surface area contributed by atoms with Crippen LogP contribution in [0.3, 0.4) is 0 Å². The Morgan fingerprint density at radius 1 is 0.842 bits per heavy atom. The van der Waals surface area contributed by atoms with Crippen LogP contribution in [0.4, 0.5) is 11.4 Å². The summed E-state index contributed by atoms with van der Waals surface area (Å²) in [5.41, 5.74) is 7.14. The second-order valence-electron chi connectivity index (χ2n) is 5.47. The summed E-state index contributed by atoms with van der Waals surface area (Å²) in [5.74, 6) is 0. The summed E-state index contributed by atoms with van der Waals surface area (Å²) in [6, 6.07) is 15.5. The molecule has 2 heterocycles.